The van der Waals surface area contributed by atoms with Crippen LogP contribution < -0.4 is 5.73 Å². The molecule has 2 aliphatic carbocycles. The van der Waals surface area contributed by atoms with E-state index in [0.29, 0.717) is 21.0 Å². The molecule has 0 heterocycles. The van der Waals surface area contributed by atoms with Gasteiger partial charge in [-0.05, 0) is 44.4 Å². The van der Waals surface area contributed by atoms with Gasteiger partial charge in [0, 0.05) is 27.0 Å². The summed E-state index contributed by atoms with van der Waals surface area (Å²) in [4.78, 5) is 0. The molecule has 0 radical (unpaired) electrons. The average molecular weight is 376 g/mol. The summed E-state index contributed by atoms with van der Waals surface area (Å²) in [5.74, 6) is 0. The van der Waals surface area contributed by atoms with Crippen LogP contribution in [0.5, 0.6) is 0 Å². The third-order valence-electron chi connectivity index (χ3n) is 6.21. The molecule has 6 unspecified atom stereocenters. The summed E-state index contributed by atoms with van der Waals surface area (Å²) in [5, 5.41) is 2.42. The van der Waals surface area contributed by atoms with Crippen molar-refractivity contribution in [2.75, 3.05) is 0 Å². The van der Waals surface area contributed by atoms with Crippen molar-refractivity contribution < 1.29 is 0 Å². The van der Waals surface area contributed by atoms with Crippen molar-refractivity contribution in [1.29, 1.82) is 0 Å². The fourth-order valence-corrected chi connectivity index (χ4v) is 7.04. The van der Waals surface area contributed by atoms with E-state index in [2.05, 4.69) is 25.6 Å². The molecule has 0 aromatic heterocycles. The van der Waals surface area contributed by atoms with Crippen molar-refractivity contribution in [3.8, 4) is 0 Å². The maximum Gasteiger partial charge on any atom is 0.0172 e. The Balaban J connectivity index is 2.05. The average Bonchev–Trinajstić information content (AvgIpc) is 2.48. The Morgan fingerprint density at radius 2 is 1.48 bits per heavy atom. The van der Waals surface area contributed by atoms with Crippen LogP contribution in [-0.4, -0.2) is 27.0 Å². The van der Waals surface area contributed by atoms with Crippen molar-refractivity contribution in [2.24, 2.45) is 11.1 Å². The largest absolute Gasteiger partial charge is 0.327 e. The summed E-state index contributed by atoms with van der Waals surface area (Å²) in [6.45, 7) is 4.61. The van der Waals surface area contributed by atoms with Crippen LogP contribution in [0.4, 0.5) is 0 Å². The normalized spacial score (nSPS) is 42.1. The molecule has 2 saturated carbocycles. The fraction of sp³-hybridized carbons (Fsp3) is 1.00. The van der Waals surface area contributed by atoms with Crippen molar-refractivity contribution >= 4 is 37.0 Å². The van der Waals surface area contributed by atoms with Crippen LogP contribution >= 0.6 is 37.0 Å². The Bertz CT molecular complexity index is 350. The van der Waals surface area contributed by atoms with E-state index in [9.17, 15) is 0 Å². The third-order valence-corrected chi connectivity index (χ3v) is 9.61. The molecule has 2 rings (SSSR count). The van der Waals surface area contributed by atoms with Gasteiger partial charge in [-0.2, -0.15) is 37.0 Å². The minimum Gasteiger partial charge on any atom is -0.327 e. The summed E-state index contributed by atoms with van der Waals surface area (Å²) >= 11 is 12.2. The second-order valence-corrected chi connectivity index (χ2v) is 11.0. The Labute approximate surface area is 159 Å². The zero-order valence-corrected chi connectivity index (χ0v) is 17.7. The van der Waals surface area contributed by atoms with Gasteiger partial charge < -0.3 is 5.73 Å². The van der Waals surface area contributed by atoms with Gasteiger partial charge in [0.25, 0.3) is 0 Å². The first-order valence-corrected chi connectivity index (χ1v) is 11.7. The van der Waals surface area contributed by atoms with Gasteiger partial charge in [-0.15, -0.1) is 0 Å². The number of thioether (sulfide) groups is 1. The number of thiol groups is 2. The van der Waals surface area contributed by atoms with E-state index >= 15 is 0 Å². The molecule has 4 heteroatoms. The predicted octanol–water partition coefficient (Wildman–Crippen LogP) is 5.73. The molecule has 2 aliphatic rings. The smallest absolute Gasteiger partial charge is 0.0172 e. The first kappa shape index (κ1) is 20.3. The molecule has 0 aromatic carbocycles. The van der Waals surface area contributed by atoms with Gasteiger partial charge in [0.15, 0.2) is 0 Å². The molecule has 0 aliphatic heterocycles. The van der Waals surface area contributed by atoms with Crippen molar-refractivity contribution in [2.45, 2.75) is 112 Å². The van der Waals surface area contributed by atoms with E-state index in [1.807, 2.05) is 0 Å². The minimum absolute atomic E-state index is 0.271. The second kappa shape index (κ2) is 9.64. The van der Waals surface area contributed by atoms with E-state index in [4.69, 9.17) is 31.0 Å². The molecule has 0 amide bonds. The Morgan fingerprint density at radius 1 is 0.913 bits per heavy atom. The molecule has 0 saturated heterocycles. The number of hydrogen-bond donors (Lipinski definition) is 3. The maximum absolute atomic E-state index is 6.39. The predicted molar refractivity (Wildman–Crippen MR) is 113 cm³/mol. The summed E-state index contributed by atoms with van der Waals surface area (Å²) in [7, 11) is 0. The highest BCUT2D eigenvalue weighted by Crippen LogP contribution is 2.44. The van der Waals surface area contributed by atoms with Gasteiger partial charge in [-0.1, -0.05) is 45.4 Å². The van der Waals surface area contributed by atoms with Gasteiger partial charge in [-0.3, -0.25) is 0 Å². The number of nitrogens with two attached hydrogens (primary N) is 1. The SMILES string of the molecule is CC(N)C1(C)CCCCC(S)C(SC2CCCCCCC2S)C1. The summed E-state index contributed by atoms with van der Waals surface area (Å²) in [5.41, 5.74) is 6.66. The van der Waals surface area contributed by atoms with Crippen LogP contribution in [0.1, 0.15) is 84.5 Å². The zero-order valence-electron chi connectivity index (χ0n) is 15.0. The van der Waals surface area contributed by atoms with Gasteiger partial charge in [0.05, 0.1) is 0 Å². The summed E-state index contributed by atoms with van der Waals surface area (Å²) < 4.78 is 0. The van der Waals surface area contributed by atoms with Crippen molar-refractivity contribution in [1.82, 2.24) is 0 Å². The van der Waals surface area contributed by atoms with E-state index in [-0.39, 0.29) is 11.5 Å². The molecular formula is C19H37NS3. The number of rotatable bonds is 3. The van der Waals surface area contributed by atoms with Crippen LogP contribution in [0.15, 0.2) is 0 Å². The van der Waals surface area contributed by atoms with E-state index in [0.717, 1.165) is 0 Å². The van der Waals surface area contributed by atoms with Crippen molar-refractivity contribution in [3.63, 3.8) is 0 Å². The molecule has 0 spiro atoms. The molecule has 136 valence electrons. The lowest BCUT2D eigenvalue weighted by Gasteiger charge is -2.42. The molecule has 23 heavy (non-hydrogen) atoms. The molecule has 6 atom stereocenters. The topological polar surface area (TPSA) is 26.0 Å². The van der Waals surface area contributed by atoms with E-state index in [1.165, 1.54) is 70.6 Å². The molecule has 0 aromatic rings. The number of hydrogen-bond acceptors (Lipinski definition) is 4. The first-order valence-electron chi connectivity index (χ1n) is 9.69. The lowest BCUT2D eigenvalue weighted by molar-refractivity contribution is 0.203. The monoisotopic (exact) mass is 375 g/mol. The van der Waals surface area contributed by atoms with Gasteiger partial charge in [0.2, 0.25) is 0 Å². The minimum atomic E-state index is 0.271. The van der Waals surface area contributed by atoms with Crippen molar-refractivity contribution in [3.05, 3.63) is 0 Å². The molecule has 2 fully saturated rings. The fourth-order valence-electron chi connectivity index (χ4n) is 4.13. The molecule has 2 N–H and O–H groups in total. The molecule has 0 bridgehead atoms. The van der Waals surface area contributed by atoms with Crippen LogP contribution in [0.3, 0.4) is 0 Å². The van der Waals surface area contributed by atoms with Gasteiger partial charge in [-0.25, -0.2) is 0 Å². The van der Waals surface area contributed by atoms with Gasteiger partial charge in [0.1, 0.15) is 0 Å². The first-order chi connectivity index (χ1) is 10.9. The molecular weight excluding hydrogens is 338 g/mol. The van der Waals surface area contributed by atoms with Crippen LogP contribution in [0, 0.1) is 5.41 Å². The van der Waals surface area contributed by atoms with Crippen LogP contribution in [0.2, 0.25) is 0 Å². The van der Waals surface area contributed by atoms with Crippen LogP contribution in [0.25, 0.3) is 0 Å². The van der Waals surface area contributed by atoms with E-state index < -0.39 is 0 Å². The van der Waals surface area contributed by atoms with Crippen LogP contribution in [-0.2, 0) is 0 Å². The second-order valence-electron chi connectivity index (χ2n) is 8.23. The van der Waals surface area contributed by atoms with Gasteiger partial charge >= 0.3 is 0 Å². The highest BCUT2D eigenvalue weighted by molar-refractivity contribution is 8.02. The lowest BCUT2D eigenvalue weighted by atomic mass is 9.73. The highest BCUT2D eigenvalue weighted by atomic mass is 32.2. The summed E-state index contributed by atoms with van der Waals surface area (Å²) in [6.07, 6.45) is 14.5. The maximum atomic E-state index is 6.39. The summed E-state index contributed by atoms with van der Waals surface area (Å²) in [6, 6.07) is 0.272. The Hall–Kier alpha value is 1.01. The molecule has 1 nitrogen and oxygen atoms in total. The zero-order chi connectivity index (χ0) is 16.9. The Kier molecular flexibility index (Phi) is 8.52. The highest BCUT2D eigenvalue weighted by Gasteiger charge is 2.37. The third kappa shape index (κ3) is 6.04. The quantitative estimate of drug-likeness (QED) is 0.550. The van der Waals surface area contributed by atoms with E-state index in [1.54, 1.807) is 0 Å². The Morgan fingerprint density at radius 3 is 2.13 bits per heavy atom. The lowest BCUT2D eigenvalue weighted by Crippen LogP contribution is -2.42. The standard InChI is InChI=1S/C19H37NS3/c1-14(20)19(2)12-8-7-10-16(22)18(13-19)23-17-11-6-4-3-5-9-15(17)21/h14-18,21-22H,3-13,20H2,1-2H3.